The van der Waals surface area contributed by atoms with E-state index in [9.17, 15) is 0 Å². The summed E-state index contributed by atoms with van der Waals surface area (Å²) in [5, 5.41) is 4.17. The first-order chi connectivity index (χ1) is 12.4. The molecule has 4 aromatic carbocycles. The zero-order valence-electron chi connectivity index (χ0n) is 14.2. The van der Waals surface area contributed by atoms with Crippen molar-refractivity contribution in [2.45, 2.75) is 0 Å². The van der Waals surface area contributed by atoms with Gasteiger partial charge >= 0.3 is 0 Å². The molecule has 0 fully saturated rings. The van der Waals surface area contributed by atoms with Crippen molar-refractivity contribution in [1.29, 1.82) is 0 Å². The van der Waals surface area contributed by atoms with Gasteiger partial charge in [-0.25, -0.2) is 0 Å². The Hall–Kier alpha value is -2.20. The average molecular weight is 397 g/mol. The molecule has 0 aliphatic heterocycles. The maximum Gasteiger partial charge on any atom is 0 e. The summed E-state index contributed by atoms with van der Waals surface area (Å²) < 4.78 is 0. The fourth-order valence-corrected chi connectivity index (χ4v) is 5.59. The Morgan fingerprint density at radius 2 is 0.846 bits per heavy atom. The molecule has 0 aliphatic rings. The molecule has 0 N–H and O–H groups in total. The van der Waals surface area contributed by atoms with Crippen LogP contribution >= 0.6 is 7.92 Å². The van der Waals surface area contributed by atoms with Crippen molar-refractivity contribution in [3.05, 3.63) is 115 Å². The minimum Gasteiger partial charge on any atom is -0.0622 e. The maximum atomic E-state index is 2.29. The standard InChI is InChI=1S/C24H19P.Ni/c1-4-12-20(13-5-1)23-18-10-11-19-24(23)25(21-14-6-2-7-15-21)22-16-8-3-9-17-22;/h1-19H;. The molecule has 0 bridgehead atoms. The zero-order valence-corrected chi connectivity index (χ0v) is 16.1. The van der Waals surface area contributed by atoms with Gasteiger partial charge in [0.15, 0.2) is 0 Å². The molecule has 0 radical (unpaired) electrons. The summed E-state index contributed by atoms with van der Waals surface area (Å²) in [5.74, 6) is 0. The van der Waals surface area contributed by atoms with Crippen LogP contribution in [0.1, 0.15) is 0 Å². The van der Waals surface area contributed by atoms with Crippen LogP contribution in [0, 0.1) is 0 Å². The molecular weight excluding hydrogens is 378 g/mol. The Balaban J connectivity index is 0.00000196. The van der Waals surface area contributed by atoms with E-state index in [1.54, 1.807) is 0 Å². The van der Waals surface area contributed by atoms with Crippen LogP contribution in [0.4, 0.5) is 0 Å². The fourth-order valence-electron chi connectivity index (χ4n) is 3.11. The zero-order chi connectivity index (χ0) is 16.9. The van der Waals surface area contributed by atoms with E-state index in [-0.39, 0.29) is 16.5 Å². The van der Waals surface area contributed by atoms with E-state index in [1.165, 1.54) is 27.0 Å². The molecule has 0 saturated carbocycles. The number of hydrogen-bond acceptors (Lipinski definition) is 0. The molecule has 0 aromatic heterocycles. The number of rotatable bonds is 4. The van der Waals surface area contributed by atoms with Gasteiger partial charge in [-0.3, -0.25) is 0 Å². The fraction of sp³-hybridized carbons (Fsp3) is 0. The summed E-state index contributed by atoms with van der Waals surface area (Å²) in [5.41, 5.74) is 2.60. The smallest absolute Gasteiger partial charge is 0 e. The van der Waals surface area contributed by atoms with E-state index in [2.05, 4.69) is 115 Å². The Labute approximate surface area is 166 Å². The maximum absolute atomic E-state index is 2.29. The number of hydrogen-bond donors (Lipinski definition) is 0. The van der Waals surface area contributed by atoms with E-state index < -0.39 is 7.92 Å². The van der Waals surface area contributed by atoms with Gasteiger partial charge in [0.25, 0.3) is 0 Å². The van der Waals surface area contributed by atoms with Crippen molar-refractivity contribution in [2.75, 3.05) is 0 Å². The first-order valence-corrected chi connectivity index (χ1v) is 9.82. The quantitative estimate of drug-likeness (QED) is 0.332. The SMILES string of the molecule is [Ni].c1ccc(-c2ccccc2P(c2ccccc2)c2ccccc2)cc1. The van der Waals surface area contributed by atoms with Gasteiger partial charge in [-0.05, 0) is 35.0 Å². The summed E-state index contributed by atoms with van der Waals surface area (Å²) in [6.45, 7) is 0. The molecule has 0 atom stereocenters. The Morgan fingerprint density at radius 1 is 0.423 bits per heavy atom. The van der Waals surface area contributed by atoms with Crippen LogP contribution in [0.5, 0.6) is 0 Å². The van der Waals surface area contributed by atoms with Crippen LogP contribution in [0.3, 0.4) is 0 Å². The van der Waals surface area contributed by atoms with Crippen LogP contribution in [-0.2, 0) is 16.5 Å². The third-order valence-electron chi connectivity index (χ3n) is 4.26. The van der Waals surface area contributed by atoms with Crippen LogP contribution in [-0.4, -0.2) is 0 Å². The summed E-state index contributed by atoms with van der Waals surface area (Å²) >= 11 is 0. The monoisotopic (exact) mass is 396 g/mol. The molecule has 0 amide bonds. The minimum absolute atomic E-state index is 0. The predicted molar refractivity (Wildman–Crippen MR) is 111 cm³/mol. The molecular formula is C24H19NiP. The van der Waals surface area contributed by atoms with Crippen LogP contribution < -0.4 is 15.9 Å². The summed E-state index contributed by atoms with van der Waals surface area (Å²) in [7, 11) is -0.590. The third kappa shape index (κ3) is 3.96. The molecule has 130 valence electrons. The second kappa shape index (κ2) is 8.95. The minimum atomic E-state index is -0.590. The van der Waals surface area contributed by atoms with Crippen LogP contribution in [0.15, 0.2) is 115 Å². The molecule has 0 heterocycles. The Bertz CT molecular complexity index is 898. The van der Waals surface area contributed by atoms with Gasteiger partial charge in [0.2, 0.25) is 0 Å². The predicted octanol–water partition coefficient (Wildman–Crippen LogP) is 5.11. The third-order valence-corrected chi connectivity index (χ3v) is 6.76. The molecule has 0 nitrogen and oxygen atoms in total. The van der Waals surface area contributed by atoms with Crippen molar-refractivity contribution in [3.8, 4) is 11.1 Å². The Kier molecular flexibility index (Phi) is 6.40. The van der Waals surface area contributed by atoms with Crippen molar-refractivity contribution in [3.63, 3.8) is 0 Å². The average Bonchev–Trinajstić information content (AvgIpc) is 2.71. The van der Waals surface area contributed by atoms with Crippen molar-refractivity contribution >= 4 is 23.8 Å². The molecule has 2 heteroatoms. The van der Waals surface area contributed by atoms with Gasteiger partial charge in [0.05, 0.1) is 0 Å². The van der Waals surface area contributed by atoms with E-state index in [0.717, 1.165) is 0 Å². The van der Waals surface area contributed by atoms with Crippen LogP contribution in [0.25, 0.3) is 11.1 Å². The van der Waals surface area contributed by atoms with Gasteiger partial charge in [-0.1, -0.05) is 115 Å². The van der Waals surface area contributed by atoms with Crippen LogP contribution in [0.2, 0.25) is 0 Å². The summed E-state index contributed by atoms with van der Waals surface area (Å²) in [6, 6.07) is 41.2. The van der Waals surface area contributed by atoms with E-state index in [0.29, 0.717) is 0 Å². The van der Waals surface area contributed by atoms with Gasteiger partial charge < -0.3 is 0 Å². The molecule has 0 saturated heterocycles. The van der Waals surface area contributed by atoms with Crippen molar-refractivity contribution in [1.82, 2.24) is 0 Å². The molecule has 0 aliphatic carbocycles. The normalized spacial score (nSPS) is 10.3. The molecule has 4 aromatic rings. The van der Waals surface area contributed by atoms with Gasteiger partial charge in [-0.15, -0.1) is 0 Å². The van der Waals surface area contributed by atoms with Gasteiger partial charge in [0, 0.05) is 16.5 Å². The van der Waals surface area contributed by atoms with Crippen molar-refractivity contribution in [2.24, 2.45) is 0 Å². The van der Waals surface area contributed by atoms with Crippen molar-refractivity contribution < 1.29 is 16.5 Å². The second-order valence-corrected chi connectivity index (χ2v) is 8.08. The van der Waals surface area contributed by atoms with Gasteiger partial charge in [0.1, 0.15) is 0 Å². The van der Waals surface area contributed by atoms with Gasteiger partial charge in [-0.2, -0.15) is 0 Å². The first-order valence-electron chi connectivity index (χ1n) is 8.48. The van der Waals surface area contributed by atoms with E-state index in [1.807, 2.05) is 0 Å². The Morgan fingerprint density at radius 3 is 1.38 bits per heavy atom. The van der Waals surface area contributed by atoms with E-state index >= 15 is 0 Å². The number of benzene rings is 4. The first kappa shape index (κ1) is 18.6. The van der Waals surface area contributed by atoms with E-state index in [4.69, 9.17) is 0 Å². The molecule has 26 heavy (non-hydrogen) atoms. The summed E-state index contributed by atoms with van der Waals surface area (Å²) in [4.78, 5) is 0. The molecule has 0 spiro atoms. The topological polar surface area (TPSA) is 0 Å². The largest absolute Gasteiger partial charge is 0.0622 e. The molecule has 4 rings (SSSR count). The summed E-state index contributed by atoms with van der Waals surface area (Å²) in [6.07, 6.45) is 0. The molecule has 0 unspecified atom stereocenters. The second-order valence-electron chi connectivity index (χ2n) is 5.89.